The number of anilines is 1. The molecule has 2 aromatic rings. The van der Waals surface area contributed by atoms with E-state index in [2.05, 4.69) is 19.2 Å². The van der Waals surface area contributed by atoms with Gasteiger partial charge in [0.2, 0.25) is 5.13 Å². The fourth-order valence-corrected chi connectivity index (χ4v) is 3.09. The van der Waals surface area contributed by atoms with Crippen molar-refractivity contribution in [3.63, 3.8) is 0 Å². The quantitative estimate of drug-likeness (QED) is 0.920. The molecule has 1 saturated heterocycles. The molecule has 0 atom stereocenters. The Labute approximate surface area is 122 Å². The van der Waals surface area contributed by atoms with Crippen LogP contribution < -0.4 is 4.90 Å². The molecule has 0 saturated carbocycles. The Morgan fingerprint density at radius 2 is 1.85 bits per heavy atom. The highest BCUT2D eigenvalue weighted by molar-refractivity contribution is 7.09. The Hall–Kier alpha value is -1.50. The van der Waals surface area contributed by atoms with Gasteiger partial charge in [0.1, 0.15) is 0 Å². The monoisotopic (exact) mass is 290 g/mol. The summed E-state index contributed by atoms with van der Waals surface area (Å²) in [5.74, 6) is 0.809. The second-order valence-electron chi connectivity index (χ2n) is 4.82. The van der Waals surface area contributed by atoms with Gasteiger partial charge in [-0.3, -0.25) is 4.90 Å². The maximum Gasteiger partial charge on any atom is 0.205 e. The molecule has 1 aromatic carbocycles. The van der Waals surface area contributed by atoms with Crippen LogP contribution in [-0.4, -0.2) is 58.7 Å². The molecule has 1 aliphatic heterocycles. The fourth-order valence-electron chi connectivity index (χ4n) is 2.35. The molecule has 106 valence electrons. The Morgan fingerprint density at radius 1 is 1.10 bits per heavy atom. The average Bonchev–Trinajstić information content (AvgIpc) is 2.99. The van der Waals surface area contributed by atoms with Crippen LogP contribution in [0.3, 0.4) is 0 Å². The van der Waals surface area contributed by atoms with Gasteiger partial charge in [0, 0.05) is 49.8 Å². The lowest BCUT2D eigenvalue weighted by molar-refractivity contribution is 0.189. The molecule has 2 heterocycles. The summed E-state index contributed by atoms with van der Waals surface area (Å²) in [6.45, 7) is 4.84. The average molecular weight is 290 g/mol. The number of benzene rings is 1. The van der Waals surface area contributed by atoms with Gasteiger partial charge in [-0.2, -0.15) is 9.36 Å². The van der Waals surface area contributed by atoms with Crippen LogP contribution >= 0.6 is 11.5 Å². The molecule has 0 bridgehead atoms. The van der Waals surface area contributed by atoms with Gasteiger partial charge in [0.15, 0.2) is 5.82 Å². The van der Waals surface area contributed by atoms with E-state index >= 15 is 0 Å². The molecule has 0 aliphatic carbocycles. The van der Waals surface area contributed by atoms with Gasteiger partial charge in [-0.15, -0.1) is 0 Å². The van der Waals surface area contributed by atoms with E-state index < -0.39 is 0 Å². The molecule has 1 aliphatic rings. The number of β-amino-alcohol motifs (C(OH)–C–C–N with tert-alkyl or cyclic N) is 1. The van der Waals surface area contributed by atoms with E-state index in [1.807, 2.05) is 30.3 Å². The Morgan fingerprint density at radius 3 is 2.55 bits per heavy atom. The number of hydrogen-bond donors (Lipinski definition) is 1. The van der Waals surface area contributed by atoms with Crippen LogP contribution in [0.15, 0.2) is 30.3 Å². The number of nitrogens with zero attached hydrogens (tertiary/aromatic N) is 4. The van der Waals surface area contributed by atoms with Crippen molar-refractivity contribution in [3.05, 3.63) is 30.3 Å². The van der Waals surface area contributed by atoms with Crippen molar-refractivity contribution >= 4 is 16.7 Å². The third-order valence-corrected chi connectivity index (χ3v) is 4.28. The van der Waals surface area contributed by atoms with Crippen LogP contribution in [0.2, 0.25) is 0 Å². The first-order chi connectivity index (χ1) is 9.86. The van der Waals surface area contributed by atoms with Gasteiger partial charge in [0.25, 0.3) is 0 Å². The van der Waals surface area contributed by atoms with E-state index in [1.165, 1.54) is 11.5 Å². The topological polar surface area (TPSA) is 52.5 Å². The van der Waals surface area contributed by atoms with Crippen LogP contribution in [0.5, 0.6) is 0 Å². The number of aliphatic hydroxyl groups is 1. The van der Waals surface area contributed by atoms with Crippen LogP contribution in [-0.2, 0) is 0 Å². The van der Waals surface area contributed by atoms with Crippen LogP contribution in [0.25, 0.3) is 11.4 Å². The number of rotatable bonds is 4. The van der Waals surface area contributed by atoms with E-state index in [1.54, 1.807) is 0 Å². The van der Waals surface area contributed by atoms with E-state index in [0.717, 1.165) is 49.2 Å². The molecule has 5 nitrogen and oxygen atoms in total. The van der Waals surface area contributed by atoms with Crippen molar-refractivity contribution in [3.8, 4) is 11.4 Å². The van der Waals surface area contributed by atoms with Crippen LogP contribution in [0.4, 0.5) is 5.13 Å². The molecule has 1 N–H and O–H groups in total. The summed E-state index contributed by atoms with van der Waals surface area (Å²) in [7, 11) is 0. The number of aliphatic hydroxyl groups excluding tert-OH is 1. The summed E-state index contributed by atoms with van der Waals surface area (Å²) in [4.78, 5) is 9.19. The van der Waals surface area contributed by atoms with Crippen molar-refractivity contribution in [1.82, 2.24) is 14.3 Å². The van der Waals surface area contributed by atoms with E-state index in [-0.39, 0.29) is 6.61 Å². The second-order valence-corrected chi connectivity index (χ2v) is 5.55. The van der Waals surface area contributed by atoms with Crippen molar-refractivity contribution in [2.24, 2.45) is 0 Å². The molecule has 1 aromatic heterocycles. The van der Waals surface area contributed by atoms with Gasteiger partial charge in [-0.25, -0.2) is 0 Å². The maximum atomic E-state index is 8.96. The van der Waals surface area contributed by atoms with Crippen LogP contribution in [0.1, 0.15) is 0 Å². The Balaban J connectivity index is 1.66. The maximum absolute atomic E-state index is 8.96. The first kappa shape index (κ1) is 13.5. The fraction of sp³-hybridized carbons (Fsp3) is 0.429. The van der Waals surface area contributed by atoms with Crippen molar-refractivity contribution in [2.75, 3.05) is 44.2 Å². The summed E-state index contributed by atoms with van der Waals surface area (Å²) < 4.78 is 4.45. The van der Waals surface area contributed by atoms with Crippen molar-refractivity contribution in [2.45, 2.75) is 0 Å². The minimum atomic E-state index is 0.233. The first-order valence-corrected chi connectivity index (χ1v) is 7.61. The molecule has 0 unspecified atom stereocenters. The molecule has 3 rings (SSSR count). The normalized spacial score (nSPS) is 16.6. The third-order valence-electron chi connectivity index (χ3n) is 3.51. The lowest BCUT2D eigenvalue weighted by Crippen LogP contribution is -2.47. The minimum absolute atomic E-state index is 0.233. The summed E-state index contributed by atoms with van der Waals surface area (Å²) in [6.07, 6.45) is 0. The SMILES string of the molecule is OCCN1CCN(c2nc(-c3ccccc3)ns2)CC1. The van der Waals surface area contributed by atoms with Gasteiger partial charge >= 0.3 is 0 Å². The molecule has 0 radical (unpaired) electrons. The van der Waals surface area contributed by atoms with Gasteiger partial charge < -0.3 is 10.0 Å². The molecular formula is C14H18N4OS. The predicted octanol–water partition coefficient (Wildman–Crippen LogP) is 1.32. The largest absolute Gasteiger partial charge is 0.395 e. The first-order valence-electron chi connectivity index (χ1n) is 6.84. The molecule has 6 heteroatoms. The molecule has 20 heavy (non-hydrogen) atoms. The lowest BCUT2D eigenvalue weighted by Gasteiger charge is -2.33. The standard InChI is InChI=1S/C14H18N4OS/c19-11-10-17-6-8-18(9-7-17)14-15-13(16-20-14)12-4-2-1-3-5-12/h1-5,19H,6-11H2. The third kappa shape index (κ3) is 2.98. The number of aromatic nitrogens is 2. The summed E-state index contributed by atoms with van der Waals surface area (Å²) >= 11 is 1.46. The van der Waals surface area contributed by atoms with E-state index in [0.29, 0.717) is 0 Å². The highest BCUT2D eigenvalue weighted by Crippen LogP contribution is 2.24. The van der Waals surface area contributed by atoms with Gasteiger partial charge in [-0.1, -0.05) is 30.3 Å². The zero-order valence-electron chi connectivity index (χ0n) is 11.3. The highest BCUT2D eigenvalue weighted by Gasteiger charge is 2.19. The summed E-state index contributed by atoms with van der Waals surface area (Å²) in [6, 6.07) is 10.1. The van der Waals surface area contributed by atoms with Crippen LogP contribution in [0, 0.1) is 0 Å². The van der Waals surface area contributed by atoms with Crippen molar-refractivity contribution < 1.29 is 5.11 Å². The highest BCUT2D eigenvalue weighted by atomic mass is 32.1. The Bertz CT molecular complexity index is 537. The second kappa shape index (κ2) is 6.30. The summed E-state index contributed by atoms with van der Waals surface area (Å²) in [5.41, 5.74) is 1.06. The van der Waals surface area contributed by atoms with Gasteiger partial charge in [-0.05, 0) is 0 Å². The lowest BCUT2D eigenvalue weighted by atomic mass is 10.2. The summed E-state index contributed by atoms with van der Waals surface area (Å²) in [5, 5.41) is 9.95. The molecule has 0 spiro atoms. The predicted molar refractivity (Wildman–Crippen MR) is 81.1 cm³/mol. The van der Waals surface area contributed by atoms with Crippen molar-refractivity contribution in [1.29, 1.82) is 0 Å². The number of hydrogen-bond acceptors (Lipinski definition) is 6. The molecular weight excluding hydrogens is 272 g/mol. The molecule has 0 amide bonds. The van der Waals surface area contributed by atoms with E-state index in [4.69, 9.17) is 5.11 Å². The smallest absolute Gasteiger partial charge is 0.205 e. The minimum Gasteiger partial charge on any atom is -0.395 e. The molecule has 1 fully saturated rings. The zero-order chi connectivity index (χ0) is 13.8. The number of piperazine rings is 1. The Kier molecular flexibility index (Phi) is 4.25. The van der Waals surface area contributed by atoms with Gasteiger partial charge in [0.05, 0.1) is 6.61 Å². The van der Waals surface area contributed by atoms with E-state index in [9.17, 15) is 0 Å². The zero-order valence-corrected chi connectivity index (χ0v) is 12.1.